The van der Waals surface area contributed by atoms with Crippen molar-refractivity contribution >= 4 is 45.8 Å². The molecule has 3 aromatic rings. The number of carbonyl (C=O) groups is 3. The van der Waals surface area contributed by atoms with E-state index < -0.39 is 64.9 Å². The van der Waals surface area contributed by atoms with Gasteiger partial charge in [0.05, 0.1) is 24.6 Å². The van der Waals surface area contributed by atoms with E-state index in [-0.39, 0.29) is 24.4 Å². The van der Waals surface area contributed by atoms with E-state index in [4.69, 9.17) is 0 Å². The lowest BCUT2D eigenvalue weighted by molar-refractivity contribution is -0.138. The lowest BCUT2D eigenvalue weighted by Crippen LogP contribution is -2.49. The van der Waals surface area contributed by atoms with Crippen LogP contribution in [0.15, 0.2) is 54.6 Å². The highest BCUT2D eigenvalue weighted by Crippen LogP contribution is 2.33. The Bertz CT molecular complexity index is 1710. The number of hydrogen-bond acceptors (Lipinski definition) is 6. The van der Waals surface area contributed by atoms with Crippen LogP contribution in [0.3, 0.4) is 0 Å². The first-order valence-electron chi connectivity index (χ1n) is 14.4. The number of nitrogens with zero attached hydrogens (tertiary/aromatic N) is 2. The predicted molar refractivity (Wildman–Crippen MR) is 159 cm³/mol. The van der Waals surface area contributed by atoms with Crippen molar-refractivity contribution in [3.63, 3.8) is 0 Å². The molecule has 2 fully saturated rings. The third-order valence-corrected chi connectivity index (χ3v) is 8.29. The standard InChI is InChI=1S/C31H29F5N4O5S/c1-17(24-9-8-23(45-46(44)31(34,35)36)13-19(24)5-4-18-2-3-18)38-30(43)27-14-22(33)16-40(27)28(41)15-37-29(42)26-10-6-20-12-21(32)7-11-25(20)39-26/h4-13,17-18,22,27H,2-3,14-16H2,1H3,(H,37,42)(H,38,43)/b5-4+. The number of amides is 3. The van der Waals surface area contributed by atoms with E-state index >= 15 is 0 Å². The van der Waals surface area contributed by atoms with Gasteiger partial charge in [-0.2, -0.15) is 13.2 Å². The molecule has 1 saturated carbocycles. The largest absolute Gasteiger partial charge is 0.508 e. The summed E-state index contributed by atoms with van der Waals surface area (Å²) in [6.45, 7) is 0.721. The Morgan fingerprint density at radius 2 is 1.89 bits per heavy atom. The number of alkyl halides is 4. The first-order valence-corrected chi connectivity index (χ1v) is 15.4. The van der Waals surface area contributed by atoms with Crippen LogP contribution in [0, 0.1) is 11.7 Å². The van der Waals surface area contributed by atoms with Crippen LogP contribution in [-0.4, -0.2) is 62.6 Å². The Hall–Kier alpha value is -4.40. The average Bonchev–Trinajstić information content (AvgIpc) is 3.76. The van der Waals surface area contributed by atoms with Gasteiger partial charge in [0.25, 0.3) is 5.91 Å². The second kappa shape index (κ2) is 13.5. The van der Waals surface area contributed by atoms with Crippen LogP contribution in [0.5, 0.6) is 5.75 Å². The van der Waals surface area contributed by atoms with Crippen LogP contribution in [0.4, 0.5) is 22.0 Å². The second-order valence-corrected chi connectivity index (χ2v) is 12.2. The highest BCUT2D eigenvalue weighted by atomic mass is 32.2. The summed E-state index contributed by atoms with van der Waals surface area (Å²) < 4.78 is 82.3. The van der Waals surface area contributed by atoms with Crippen molar-refractivity contribution in [2.75, 3.05) is 13.1 Å². The molecule has 9 nitrogen and oxygen atoms in total. The molecule has 2 N–H and O–H groups in total. The number of likely N-dealkylation sites (tertiary alicyclic amines) is 1. The molecule has 1 aromatic heterocycles. The molecular formula is C31H29F5N4O5S. The van der Waals surface area contributed by atoms with E-state index in [1.54, 1.807) is 13.0 Å². The molecule has 2 heterocycles. The van der Waals surface area contributed by atoms with Crippen LogP contribution in [-0.2, 0) is 20.7 Å². The minimum absolute atomic E-state index is 0.0209. The maximum Gasteiger partial charge on any atom is 0.508 e. The van der Waals surface area contributed by atoms with Gasteiger partial charge in [-0.3, -0.25) is 14.4 Å². The number of halogens is 5. The zero-order valence-corrected chi connectivity index (χ0v) is 25.2. The molecule has 1 saturated heterocycles. The molecule has 0 bridgehead atoms. The lowest BCUT2D eigenvalue weighted by Gasteiger charge is -2.26. The zero-order valence-electron chi connectivity index (χ0n) is 24.4. The molecule has 244 valence electrons. The Morgan fingerprint density at radius 1 is 1.13 bits per heavy atom. The van der Waals surface area contributed by atoms with Gasteiger partial charge in [-0.15, -0.1) is 0 Å². The van der Waals surface area contributed by atoms with E-state index in [0.717, 1.165) is 17.7 Å². The summed E-state index contributed by atoms with van der Waals surface area (Å²) >= 11 is -3.57. The monoisotopic (exact) mass is 664 g/mol. The fourth-order valence-corrected chi connectivity index (χ4v) is 5.45. The maximum absolute atomic E-state index is 14.5. The van der Waals surface area contributed by atoms with E-state index in [0.29, 0.717) is 27.9 Å². The van der Waals surface area contributed by atoms with E-state index in [2.05, 4.69) is 19.8 Å². The van der Waals surface area contributed by atoms with Crippen LogP contribution < -0.4 is 14.8 Å². The number of fused-ring (bicyclic) bond motifs is 1. The van der Waals surface area contributed by atoms with Gasteiger partial charge >= 0.3 is 16.6 Å². The Morgan fingerprint density at radius 3 is 2.61 bits per heavy atom. The van der Waals surface area contributed by atoms with Gasteiger partial charge < -0.3 is 19.7 Å². The lowest BCUT2D eigenvalue weighted by atomic mass is 9.99. The fourth-order valence-electron chi connectivity index (χ4n) is 5.07. The average molecular weight is 665 g/mol. The topological polar surface area (TPSA) is 118 Å². The van der Waals surface area contributed by atoms with Crippen molar-refractivity contribution in [3.05, 3.63) is 77.2 Å². The van der Waals surface area contributed by atoms with Crippen molar-refractivity contribution in [2.24, 2.45) is 5.92 Å². The molecule has 2 aliphatic rings. The van der Waals surface area contributed by atoms with E-state index in [9.17, 15) is 40.5 Å². The molecule has 0 spiro atoms. The molecule has 4 atom stereocenters. The van der Waals surface area contributed by atoms with E-state index in [1.165, 1.54) is 48.5 Å². The summed E-state index contributed by atoms with van der Waals surface area (Å²) in [6, 6.07) is 8.76. The van der Waals surface area contributed by atoms with Crippen LogP contribution in [0.2, 0.25) is 0 Å². The van der Waals surface area contributed by atoms with Crippen molar-refractivity contribution in [3.8, 4) is 5.75 Å². The quantitative estimate of drug-likeness (QED) is 0.298. The first kappa shape index (κ1) is 33.0. The van der Waals surface area contributed by atoms with Gasteiger partial charge in [0, 0.05) is 11.8 Å². The fraction of sp³-hybridized carbons (Fsp3) is 0.355. The van der Waals surface area contributed by atoms with Gasteiger partial charge in [-0.1, -0.05) is 24.3 Å². The number of aromatic nitrogens is 1. The number of nitrogens with one attached hydrogen (secondary N) is 2. The molecule has 2 aromatic carbocycles. The van der Waals surface area contributed by atoms with Gasteiger partial charge in [-0.05, 0) is 73.2 Å². The van der Waals surface area contributed by atoms with Crippen molar-refractivity contribution < 1.29 is 44.7 Å². The van der Waals surface area contributed by atoms with Gasteiger partial charge in [0.15, 0.2) is 0 Å². The number of carbonyl (C=O) groups excluding carboxylic acids is 3. The summed E-state index contributed by atoms with van der Waals surface area (Å²) in [7, 11) is 0. The molecule has 1 aliphatic heterocycles. The summed E-state index contributed by atoms with van der Waals surface area (Å²) in [5.41, 5.74) is -3.79. The molecule has 5 rings (SSSR count). The predicted octanol–water partition coefficient (Wildman–Crippen LogP) is 4.91. The molecule has 0 radical (unpaired) electrons. The summed E-state index contributed by atoms with van der Waals surface area (Å²) in [6.07, 6.45) is 3.73. The third-order valence-electron chi connectivity index (χ3n) is 7.57. The highest BCUT2D eigenvalue weighted by Gasteiger charge is 2.41. The number of hydrogen-bond donors (Lipinski definition) is 2. The van der Waals surface area contributed by atoms with Crippen LogP contribution in [0.25, 0.3) is 17.0 Å². The molecule has 15 heteroatoms. The Kier molecular flexibility index (Phi) is 9.70. The van der Waals surface area contributed by atoms with Gasteiger partial charge in [0.2, 0.25) is 11.8 Å². The third kappa shape index (κ3) is 8.05. The van der Waals surface area contributed by atoms with Gasteiger partial charge in [0.1, 0.15) is 29.5 Å². The summed E-state index contributed by atoms with van der Waals surface area (Å²) in [4.78, 5) is 44.2. The molecule has 4 unspecified atom stereocenters. The number of allylic oxidation sites excluding steroid dienone is 1. The molecule has 1 aliphatic carbocycles. The van der Waals surface area contributed by atoms with Crippen molar-refractivity contribution in [1.29, 1.82) is 0 Å². The molecule has 46 heavy (non-hydrogen) atoms. The number of benzene rings is 2. The zero-order chi connectivity index (χ0) is 33.2. The minimum Gasteiger partial charge on any atom is -0.394 e. The summed E-state index contributed by atoms with van der Waals surface area (Å²) in [5.74, 6) is -2.48. The second-order valence-electron chi connectivity index (χ2n) is 11.1. The SMILES string of the molecule is CC(NC(=O)C1CC(F)CN1C(=O)CNC(=O)c1ccc2cc(F)ccc2n1)c1ccc(OS(=O)C(F)(F)F)cc1/C=C/C1CC1. The Labute approximate surface area is 262 Å². The van der Waals surface area contributed by atoms with Crippen molar-refractivity contribution in [2.45, 2.75) is 49.9 Å². The van der Waals surface area contributed by atoms with Crippen LogP contribution >= 0.6 is 0 Å². The number of rotatable bonds is 10. The highest BCUT2D eigenvalue weighted by molar-refractivity contribution is 7.81. The van der Waals surface area contributed by atoms with E-state index in [1.807, 2.05) is 6.08 Å². The van der Waals surface area contributed by atoms with Crippen LogP contribution in [0.1, 0.15) is 53.8 Å². The minimum atomic E-state index is -5.07. The molecular weight excluding hydrogens is 635 g/mol. The first-order chi connectivity index (χ1) is 21.8. The summed E-state index contributed by atoms with van der Waals surface area (Å²) in [5, 5.41) is 5.65. The van der Waals surface area contributed by atoms with Crippen molar-refractivity contribution in [1.82, 2.24) is 20.5 Å². The normalized spacial score (nSPS) is 19.7. The maximum atomic E-state index is 14.5. The Balaban J connectivity index is 1.24. The molecule has 3 amide bonds. The number of pyridine rings is 1. The smallest absolute Gasteiger partial charge is 0.394 e. The van der Waals surface area contributed by atoms with Gasteiger partial charge in [-0.25, -0.2) is 18.0 Å².